The first kappa shape index (κ1) is 19.5. The zero-order valence-corrected chi connectivity index (χ0v) is 16.1. The van der Waals surface area contributed by atoms with E-state index in [0.717, 1.165) is 17.3 Å². The molecule has 0 spiro atoms. The number of aromatic nitrogens is 2. The molecule has 1 N–H and O–H groups in total. The third-order valence-electron chi connectivity index (χ3n) is 3.64. The summed E-state index contributed by atoms with van der Waals surface area (Å²) < 4.78 is 16.4. The standard InChI is InChI=1S/C20H18N2O5S/c1-13-21-22-20(27-13)28-18(19(23)24)11-15-8-9-16(17(10-15)25-2)26-12-14-6-4-3-5-7-14/h3-11H,12H2,1-2H3,(H,23,24)/b18-11-. The molecule has 0 aliphatic heterocycles. The fourth-order valence-electron chi connectivity index (χ4n) is 2.33. The molecule has 0 saturated carbocycles. The fraction of sp³-hybridized carbons (Fsp3) is 0.150. The van der Waals surface area contributed by atoms with Crippen LogP contribution >= 0.6 is 11.8 Å². The predicted octanol–water partition coefficient (Wildman–Crippen LogP) is 4.18. The maximum Gasteiger partial charge on any atom is 0.342 e. The number of aliphatic carboxylic acids is 1. The Balaban J connectivity index is 1.79. The van der Waals surface area contributed by atoms with Gasteiger partial charge < -0.3 is 19.0 Å². The van der Waals surface area contributed by atoms with E-state index in [9.17, 15) is 9.90 Å². The minimum Gasteiger partial charge on any atom is -0.493 e. The van der Waals surface area contributed by atoms with Crippen molar-refractivity contribution in [2.45, 2.75) is 18.8 Å². The number of carbonyl (C=O) groups is 1. The molecule has 1 aromatic heterocycles. The van der Waals surface area contributed by atoms with Crippen LogP contribution in [0.25, 0.3) is 6.08 Å². The highest BCUT2D eigenvalue weighted by Crippen LogP contribution is 2.32. The lowest BCUT2D eigenvalue weighted by Gasteiger charge is -2.11. The maximum atomic E-state index is 11.6. The Labute approximate surface area is 166 Å². The summed E-state index contributed by atoms with van der Waals surface area (Å²) in [6.45, 7) is 2.04. The Morgan fingerprint density at radius 1 is 1.18 bits per heavy atom. The van der Waals surface area contributed by atoms with Crippen molar-refractivity contribution < 1.29 is 23.8 Å². The molecule has 7 nitrogen and oxygen atoms in total. The van der Waals surface area contributed by atoms with Crippen LogP contribution in [0.5, 0.6) is 11.5 Å². The van der Waals surface area contributed by atoms with E-state index in [1.165, 1.54) is 13.2 Å². The molecule has 3 rings (SSSR count). The first-order valence-electron chi connectivity index (χ1n) is 8.33. The van der Waals surface area contributed by atoms with Crippen molar-refractivity contribution in [3.05, 3.63) is 70.5 Å². The van der Waals surface area contributed by atoms with E-state index in [-0.39, 0.29) is 10.1 Å². The van der Waals surface area contributed by atoms with E-state index in [0.29, 0.717) is 29.6 Å². The summed E-state index contributed by atoms with van der Waals surface area (Å²) in [7, 11) is 1.53. The number of carboxylic acid groups (broad SMARTS) is 1. The van der Waals surface area contributed by atoms with E-state index in [2.05, 4.69) is 10.2 Å². The summed E-state index contributed by atoms with van der Waals surface area (Å²) in [5, 5.41) is 17.1. The number of carboxylic acids is 1. The average molecular weight is 398 g/mol. The number of hydrogen-bond acceptors (Lipinski definition) is 7. The van der Waals surface area contributed by atoms with Crippen molar-refractivity contribution in [3.8, 4) is 11.5 Å². The van der Waals surface area contributed by atoms with Crippen molar-refractivity contribution in [2.24, 2.45) is 0 Å². The molecule has 0 unspecified atom stereocenters. The lowest BCUT2D eigenvalue weighted by Crippen LogP contribution is -1.99. The summed E-state index contributed by atoms with van der Waals surface area (Å²) in [6.07, 6.45) is 1.51. The second kappa shape index (κ2) is 9.09. The number of aryl methyl sites for hydroxylation is 1. The number of rotatable bonds is 8. The van der Waals surface area contributed by atoms with Gasteiger partial charge in [0.1, 0.15) is 11.5 Å². The molecule has 144 valence electrons. The van der Waals surface area contributed by atoms with Crippen LogP contribution in [-0.4, -0.2) is 28.4 Å². The van der Waals surface area contributed by atoms with E-state index in [1.807, 2.05) is 30.3 Å². The van der Waals surface area contributed by atoms with Gasteiger partial charge in [0.25, 0.3) is 5.22 Å². The normalized spacial score (nSPS) is 11.3. The largest absolute Gasteiger partial charge is 0.493 e. The number of thioether (sulfide) groups is 1. The minimum absolute atomic E-state index is 0.0451. The van der Waals surface area contributed by atoms with Gasteiger partial charge in [0.15, 0.2) is 11.5 Å². The molecule has 0 aliphatic carbocycles. The van der Waals surface area contributed by atoms with Crippen LogP contribution in [-0.2, 0) is 11.4 Å². The molecule has 0 saturated heterocycles. The Morgan fingerprint density at radius 3 is 2.61 bits per heavy atom. The quantitative estimate of drug-likeness (QED) is 0.446. The molecule has 0 amide bonds. The number of ether oxygens (including phenoxy) is 2. The second-order valence-electron chi connectivity index (χ2n) is 5.69. The van der Waals surface area contributed by atoms with Gasteiger partial charge in [-0.1, -0.05) is 36.4 Å². The van der Waals surface area contributed by atoms with E-state index < -0.39 is 5.97 Å². The molecule has 0 atom stereocenters. The van der Waals surface area contributed by atoms with Crippen molar-refractivity contribution in [1.29, 1.82) is 0 Å². The highest BCUT2D eigenvalue weighted by Gasteiger charge is 2.15. The zero-order chi connectivity index (χ0) is 19.9. The van der Waals surface area contributed by atoms with Crippen molar-refractivity contribution in [2.75, 3.05) is 7.11 Å². The molecule has 8 heteroatoms. The van der Waals surface area contributed by atoms with E-state index >= 15 is 0 Å². The first-order chi connectivity index (χ1) is 13.5. The van der Waals surface area contributed by atoms with Gasteiger partial charge in [-0.3, -0.25) is 0 Å². The van der Waals surface area contributed by atoms with Crippen LogP contribution in [0.1, 0.15) is 17.0 Å². The fourth-order valence-corrected chi connectivity index (χ4v) is 3.04. The molecule has 0 bridgehead atoms. The van der Waals surface area contributed by atoms with Crippen molar-refractivity contribution >= 4 is 23.8 Å². The maximum absolute atomic E-state index is 11.6. The highest BCUT2D eigenvalue weighted by molar-refractivity contribution is 8.03. The van der Waals surface area contributed by atoms with Gasteiger partial charge in [0.2, 0.25) is 5.89 Å². The zero-order valence-electron chi connectivity index (χ0n) is 15.3. The number of nitrogens with zero attached hydrogens (tertiary/aromatic N) is 2. The van der Waals surface area contributed by atoms with Gasteiger partial charge in [-0.15, -0.1) is 10.2 Å². The summed E-state index contributed by atoms with van der Waals surface area (Å²) in [5.74, 6) is 0.353. The van der Waals surface area contributed by atoms with E-state index in [1.54, 1.807) is 25.1 Å². The second-order valence-corrected chi connectivity index (χ2v) is 6.68. The van der Waals surface area contributed by atoms with Crippen molar-refractivity contribution in [1.82, 2.24) is 10.2 Å². The third-order valence-corrected chi connectivity index (χ3v) is 4.49. The Morgan fingerprint density at radius 2 is 1.96 bits per heavy atom. The number of hydrogen-bond donors (Lipinski definition) is 1. The molecule has 0 aliphatic rings. The highest BCUT2D eigenvalue weighted by atomic mass is 32.2. The van der Waals surface area contributed by atoms with Gasteiger partial charge in [-0.05, 0) is 41.1 Å². The summed E-state index contributed by atoms with van der Waals surface area (Å²) in [4.78, 5) is 11.6. The van der Waals surface area contributed by atoms with Gasteiger partial charge >= 0.3 is 5.97 Å². The van der Waals surface area contributed by atoms with Crippen LogP contribution in [0.4, 0.5) is 0 Å². The van der Waals surface area contributed by atoms with Crippen LogP contribution in [0.3, 0.4) is 0 Å². The van der Waals surface area contributed by atoms with Crippen LogP contribution < -0.4 is 9.47 Å². The van der Waals surface area contributed by atoms with Crippen LogP contribution in [0.15, 0.2) is 63.1 Å². The molecule has 0 radical (unpaired) electrons. The minimum atomic E-state index is -1.09. The summed E-state index contributed by atoms with van der Waals surface area (Å²) in [6, 6.07) is 15.0. The topological polar surface area (TPSA) is 94.7 Å². The van der Waals surface area contributed by atoms with Crippen LogP contribution in [0, 0.1) is 6.92 Å². The molecule has 28 heavy (non-hydrogen) atoms. The summed E-state index contributed by atoms with van der Waals surface area (Å²) >= 11 is 0.887. The smallest absolute Gasteiger partial charge is 0.342 e. The van der Waals surface area contributed by atoms with Gasteiger partial charge in [-0.2, -0.15) is 0 Å². The van der Waals surface area contributed by atoms with E-state index in [4.69, 9.17) is 13.9 Å². The first-order valence-corrected chi connectivity index (χ1v) is 9.14. The number of methoxy groups -OCH3 is 1. The molecule has 0 fully saturated rings. The number of benzene rings is 2. The van der Waals surface area contributed by atoms with Gasteiger partial charge in [0, 0.05) is 6.92 Å². The molecular formula is C20H18N2O5S. The molecular weight excluding hydrogens is 380 g/mol. The molecule has 1 heterocycles. The lowest BCUT2D eigenvalue weighted by atomic mass is 10.2. The Kier molecular flexibility index (Phi) is 6.33. The van der Waals surface area contributed by atoms with Gasteiger partial charge in [-0.25, -0.2) is 4.79 Å². The average Bonchev–Trinajstić information content (AvgIpc) is 3.11. The third kappa shape index (κ3) is 5.14. The predicted molar refractivity (Wildman–Crippen MR) is 104 cm³/mol. The van der Waals surface area contributed by atoms with Gasteiger partial charge in [0.05, 0.1) is 7.11 Å². The molecule has 3 aromatic rings. The van der Waals surface area contributed by atoms with Crippen LogP contribution in [0.2, 0.25) is 0 Å². The lowest BCUT2D eigenvalue weighted by molar-refractivity contribution is -0.131. The Bertz CT molecular complexity index is 985. The molecule has 2 aromatic carbocycles. The SMILES string of the molecule is COc1cc(/C=C(\Sc2nnc(C)o2)C(=O)O)ccc1OCc1ccccc1. The summed E-state index contributed by atoms with van der Waals surface area (Å²) in [5.41, 5.74) is 1.68. The van der Waals surface area contributed by atoms with Crippen molar-refractivity contribution in [3.63, 3.8) is 0 Å². The Hall–Kier alpha value is -3.26. The monoisotopic (exact) mass is 398 g/mol.